The van der Waals surface area contributed by atoms with Crippen LogP contribution in [0.15, 0.2) is 41.6 Å². The Morgan fingerprint density at radius 1 is 1.10 bits per heavy atom. The fraction of sp³-hybridized carbons (Fsp3) is 0.250. The van der Waals surface area contributed by atoms with E-state index in [4.69, 9.17) is 19.3 Å². The van der Waals surface area contributed by atoms with Gasteiger partial charge in [0.1, 0.15) is 6.61 Å². The van der Waals surface area contributed by atoms with Gasteiger partial charge in [-0.3, -0.25) is 4.79 Å². The summed E-state index contributed by atoms with van der Waals surface area (Å²) in [6.45, 7) is -0.389. The number of rotatable bonds is 9. The van der Waals surface area contributed by atoms with Crippen molar-refractivity contribution in [2.24, 2.45) is 0 Å². The molecule has 2 N–H and O–H groups in total. The molecule has 0 radical (unpaired) electrons. The average molecular weight is 434 g/mol. The molecule has 0 saturated carbocycles. The first-order valence-corrected chi connectivity index (χ1v) is 9.09. The number of hydrogen-bond donors (Lipinski definition) is 2. The molecule has 2 aromatic heterocycles. The number of nitrogens with zero attached hydrogens (tertiary/aromatic N) is 3. The lowest BCUT2D eigenvalue weighted by Crippen LogP contribution is -2.20. The number of ether oxygens (including phenoxy) is 3. The Morgan fingerprint density at radius 2 is 1.74 bits per heavy atom. The van der Waals surface area contributed by atoms with Crippen LogP contribution in [0.5, 0.6) is 17.2 Å². The van der Waals surface area contributed by atoms with Crippen LogP contribution in [-0.2, 0) is 13.2 Å². The van der Waals surface area contributed by atoms with Crippen molar-refractivity contribution in [2.45, 2.75) is 13.2 Å². The van der Waals surface area contributed by atoms with Gasteiger partial charge in [-0.1, -0.05) is 0 Å². The molecule has 0 fully saturated rings. The van der Waals surface area contributed by atoms with Gasteiger partial charge in [0, 0.05) is 30.6 Å². The SMILES string of the molecule is COc1cc(OC)c(F)c(COc2cnc(Nc3ccn(CCO)c(=O)c3)nc2)c1F. The van der Waals surface area contributed by atoms with Gasteiger partial charge in [-0.2, -0.15) is 0 Å². The summed E-state index contributed by atoms with van der Waals surface area (Å²) in [5, 5.41) is 11.8. The Hall–Kier alpha value is -3.73. The maximum atomic E-state index is 14.4. The number of methoxy groups -OCH3 is 2. The molecule has 0 spiro atoms. The Morgan fingerprint density at radius 3 is 2.29 bits per heavy atom. The summed E-state index contributed by atoms with van der Waals surface area (Å²) < 4.78 is 45.3. The lowest BCUT2D eigenvalue weighted by atomic mass is 10.1. The zero-order valence-electron chi connectivity index (χ0n) is 16.8. The summed E-state index contributed by atoms with van der Waals surface area (Å²) >= 11 is 0. The molecule has 0 aliphatic rings. The van der Waals surface area contributed by atoms with Crippen LogP contribution >= 0.6 is 0 Å². The second kappa shape index (κ2) is 9.85. The van der Waals surface area contributed by atoms with E-state index in [0.29, 0.717) is 5.69 Å². The Balaban J connectivity index is 1.69. The monoisotopic (exact) mass is 434 g/mol. The number of aliphatic hydroxyl groups is 1. The van der Waals surface area contributed by atoms with E-state index in [1.54, 1.807) is 6.07 Å². The van der Waals surface area contributed by atoms with E-state index in [2.05, 4.69) is 15.3 Å². The first-order valence-electron chi connectivity index (χ1n) is 9.09. The molecule has 2 heterocycles. The van der Waals surface area contributed by atoms with Crippen LogP contribution in [0.4, 0.5) is 20.4 Å². The van der Waals surface area contributed by atoms with E-state index in [1.165, 1.54) is 43.4 Å². The van der Waals surface area contributed by atoms with Gasteiger partial charge in [0.05, 0.1) is 38.8 Å². The standard InChI is InChI=1S/C20H20F2N4O5/c1-29-15-8-16(30-2)19(22)14(18(15)21)11-31-13-9-23-20(24-10-13)25-12-3-4-26(5-6-27)17(28)7-12/h3-4,7-10,27H,5-6,11H2,1-2H3,(H,23,24,25). The van der Waals surface area contributed by atoms with E-state index in [1.807, 2.05) is 0 Å². The minimum absolute atomic E-state index is 0.145. The predicted molar refractivity (Wildman–Crippen MR) is 107 cm³/mol. The number of nitrogens with one attached hydrogen (secondary N) is 1. The number of benzene rings is 1. The Labute approximate surface area is 175 Å². The molecule has 0 atom stereocenters. The van der Waals surface area contributed by atoms with E-state index < -0.39 is 18.2 Å². The van der Waals surface area contributed by atoms with Crippen molar-refractivity contribution >= 4 is 11.6 Å². The maximum Gasteiger partial charge on any atom is 0.252 e. The van der Waals surface area contributed by atoms with Crippen molar-refractivity contribution in [1.29, 1.82) is 0 Å². The highest BCUT2D eigenvalue weighted by Gasteiger charge is 2.20. The highest BCUT2D eigenvalue weighted by atomic mass is 19.1. The van der Waals surface area contributed by atoms with Crippen molar-refractivity contribution < 1.29 is 28.1 Å². The molecule has 0 aliphatic heterocycles. The Kier molecular flexibility index (Phi) is 6.98. The second-order valence-corrected chi connectivity index (χ2v) is 6.21. The van der Waals surface area contributed by atoms with E-state index in [9.17, 15) is 13.6 Å². The molecule has 0 aliphatic carbocycles. The van der Waals surface area contributed by atoms with Crippen molar-refractivity contribution in [3.05, 3.63) is 64.3 Å². The molecule has 164 valence electrons. The third kappa shape index (κ3) is 5.07. The third-order valence-corrected chi connectivity index (χ3v) is 4.27. The lowest BCUT2D eigenvalue weighted by Gasteiger charge is -2.13. The topological polar surface area (TPSA) is 108 Å². The molecule has 0 saturated heterocycles. The van der Waals surface area contributed by atoms with Crippen LogP contribution < -0.4 is 25.1 Å². The first kappa shape index (κ1) is 22.0. The third-order valence-electron chi connectivity index (χ3n) is 4.27. The van der Waals surface area contributed by atoms with Crippen molar-refractivity contribution in [2.75, 3.05) is 26.1 Å². The predicted octanol–water partition coefficient (Wildman–Crippen LogP) is 2.25. The lowest BCUT2D eigenvalue weighted by molar-refractivity contribution is 0.274. The normalized spacial score (nSPS) is 10.6. The van der Waals surface area contributed by atoms with Crippen LogP contribution in [-0.4, -0.2) is 40.5 Å². The number of aliphatic hydroxyl groups excluding tert-OH is 1. The minimum Gasteiger partial charge on any atom is -0.494 e. The number of hydrogen-bond acceptors (Lipinski definition) is 8. The van der Waals surface area contributed by atoms with Crippen LogP contribution in [0, 0.1) is 11.6 Å². The molecule has 0 unspecified atom stereocenters. The highest BCUT2D eigenvalue weighted by Crippen LogP contribution is 2.31. The molecular weight excluding hydrogens is 414 g/mol. The summed E-state index contributed by atoms with van der Waals surface area (Å²) in [7, 11) is 2.52. The summed E-state index contributed by atoms with van der Waals surface area (Å²) in [6, 6.07) is 4.08. The summed E-state index contributed by atoms with van der Waals surface area (Å²) in [5.41, 5.74) is -0.195. The summed E-state index contributed by atoms with van der Waals surface area (Å²) in [5.74, 6) is -1.77. The molecule has 9 nitrogen and oxygen atoms in total. The second-order valence-electron chi connectivity index (χ2n) is 6.21. The first-order chi connectivity index (χ1) is 15.0. The fourth-order valence-electron chi connectivity index (χ4n) is 2.68. The maximum absolute atomic E-state index is 14.4. The van der Waals surface area contributed by atoms with E-state index >= 15 is 0 Å². The molecule has 31 heavy (non-hydrogen) atoms. The van der Waals surface area contributed by atoms with Gasteiger partial charge in [-0.15, -0.1) is 0 Å². The van der Waals surface area contributed by atoms with Crippen LogP contribution in [0.2, 0.25) is 0 Å². The quantitative estimate of drug-likeness (QED) is 0.528. The zero-order valence-corrected chi connectivity index (χ0v) is 16.8. The van der Waals surface area contributed by atoms with Gasteiger partial charge in [-0.25, -0.2) is 18.7 Å². The summed E-state index contributed by atoms with van der Waals surface area (Å²) in [6.07, 6.45) is 4.16. The van der Waals surface area contributed by atoms with Crippen LogP contribution in [0.1, 0.15) is 5.56 Å². The van der Waals surface area contributed by atoms with E-state index in [0.717, 1.165) is 6.07 Å². The van der Waals surface area contributed by atoms with Gasteiger partial charge in [0.15, 0.2) is 28.9 Å². The highest BCUT2D eigenvalue weighted by molar-refractivity contribution is 5.51. The van der Waals surface area contributed by atoms with Gasteiger partial charge in [-0.05, 0) is 6.07 Å². The molecule has 0 amide bonds. The fourth-order valence-corrected chi connectivity index (χ4v) is 2.68. The Bertz CT molecular complexity index is 1080. The average Bonchev–Trinajstić information content (AvgIpc) is 2.77. The van der Waals surface area contributed by atoms with Crippen molar-refractivity contribution in [1.82, 2.24) is 14.5 Å². The van der Waals surface area contributed by atoms with Gasteiger partial charge in [0.25, 0.3) is 5.56 Å². The molecular formula is C20H20F2N4O5. The molecule has 3 aromatic rings. The number of aromatic nitrogens is 3. The molecule has 3 rings (SSSR count). The largest absolute Gasteiger partial charge is 0.494 e. The minimum atomic E-state index is -0.893. The van der Waals surface area contributed by atoms with Crippen LogP contribution in [0.3, 0.4) is 0 Å². The smallest absolute Gasteiger partial charge is 0.252 e. The van der Waals surface area contributed by atoms with Gasteiger partial charge < -0.3 is 29.2 Å². The van der Waals surface area contributed by atoms with Crippen molar-refractivity contribution in [3.8, 4) is 17.2 Å². The molecule has 1 aromatic carbocycles. The van der Waals surface area contributed by atoms with Crippen molar-refractivity contribution in [3.63, 3.8) is 0 Å². The van der Waals surface area contributed by atoms with Gasteiger partial charge >= 0.3 is 0 Å². The zero-order chi connectivity index (χ0) is 22.4. The van der Waals surface area contributed by atoms with E-state index in [-0.39, 0.29) is 47.5 Å². The molecule has 0 bridgehead atoms. The van der Waals surface area contributed by atoms with Gasteiger partial charge in [0.2, 0.25) is 5.95 Å². The van der Waals surface area contributed by atoms with Crippen LogP contribution in [0.25, 0.3) is 0 Å². The molecule has 11 heteroatoms. The number of halogens is 2. The number of anilines is 2. The number of pyridine rings is 1. The summed E-state index contributed by atoms with van der Waals surface area (Å²) in [4.78, 5) is 20.0.